The van der Waals surface area contributed by atoms with E-state index in [1.807, 2.05) is 54.7 Å². The predicted molar refractivity (Wildman–Crippen MR) is 139 cm³/mol. The lowest BCUT2D eigenvalue weighted by Gasteiger charge is -2.10. The second kappa shape index (κ2) is 13.7. The number of rotatable bonds is 13. The molecule has 2 N–H and O–H groups in total. The van der Waals surface area contributed by atoms with Gasteiger partial charge in [-0.25, -0.2) is 4.98 Å². The number of nitrogens with one attached hydrogen (secondary N) is 2. The fraction of sp³-hybridized carbons (Fsp3) is 0.346. The first-order valence-electron chi connectivity index (χ1n) is 11.4. The molecule has 1 aromatic heterocycles. The van der Waals surface area contributed by atoms with Crippen LogP contribution in [0.25, 0.3) is 16.9 Å². The fourth-order valence-corrected chi connectivity index (χ4v) is 4.02. The number of methoxy groups -OCH3 is 2. The summed E-state index contributed by atoms with van der Waals surface area (Å²) >= 11 is 1.71. The van der Waals surface area contributed by atoms with E-state index in [0.29, 0.717) is 37.6 Å². The summed E-state index contributed by atoms with van der Waals surface area (Å²) in [6.45, 7) is 3.72. The molecule has 3 aromatic rings. The summed E-state index contributed by atoms with van der Waals surface area (Å²) in [4.78, 5) is 4.88. The molecule has 0 saturated heterocycles. The molecule has 0 radical (unpaired) electrons. The first kappa shape index (κ1) is 26.5. The van der Waals surface area contributed by atoms with Crippen LogP contribution in [0.15, 0.2) is 59.9 Å². The quantitative estimate of drug-likeness (QED) is 0.149. The van der Waals surface area contributed by atoms with Crippen LogP contribution in [0.1, 0.15) is 24.5 Å². The molecule has 0 saturated carbocycles. The highest BCUT2D eigenvalue weighted by atomic mass is 32.2. The van der Waals surface area contributed by atoms with Crippen LogP contribution in [0, 0.1) is 10.8 Å². The fourth-order valence-electron chi connectivity index (χ4n) is 3.17. The van der Waals surface area contributed by atoms with Crippen molar-refractivity contribution in [1.29, 1.82) is 10.8 Å². The Labute approximate surface area is 210 Å². The van der Waals surface area contributed by atoms with Crippen molar-refractivity contribution >= 4 is 23.6 Å². The SMILES string of the molecule is CCCSc1nc(-c2ccc(C(=N)OCCOC)cc2)cn1-c1ccc(C(=N)OCCOC)cc1. The number of nitrogens with zero attached hydrogens (tertiary/aromatic N) is 2. The Morgan fingerprint density at radius 1 is 0.829 bits per heavy atom. The molecule has 0 amide bonds. The molecule has 0 atom stereocenters. The molecule has 0 bridgehead atoms. The van der Waals surface area contributed by atoms with Gasteiger partial charge in [0.2, 0.25) is 11.8 Å². The maximum Gasteiger partial charge on any atom is 0.213 e. The van der Waals surface area contributed by atoms with Crippen LogP contribution in [-0.4, -0.2) is 67.7 Å². The van der Waals surface area contributed by atoms with Crippen molar-refractivity contribution in [2.24, 2.45) is 0 Å². The topological polar surface area (TPSA) is 102 Å². The highest BCUT2D eigenvalue weighted by Crippen LogP contribution is 2.28. The van der Waals surface area contributed by atoms with Gasteiger partial charge in [0, 0.05) is 48.5 Å². The maximum absolute atomic E-state index is 8.10. The minimum atomic E-state index is 0.121. The summed E-state index contributed by atoms with van der Waals surface area (Å²) in [5.41, 5.74) is 4.18. The monoisotopic (exact) mass is 496 g/mol. The van der Waals surface area contributed by atoms with Crippen LogP contribution < -0.4 is 0 Å². The van der Waals surface area contributed by atoms with Gasteiger partial charge in [-0.2, -0.15) is 0 Å². The van der Waals surface area contributed by atoms with Crippen LogP contribution in [-0.2, 0) is 18.9 Å². The molecular formula is C26H32N4O4S. The average molecular weight is 497 g/mol. The third-order valence-corrected chi connectivity index (χ3v) is 6.19. The van der Waals surface area contributed by atoms with Gasteiger partial charge in [-0.05, 0) is 42.8 Å². The van der Waals surface area contributed by atoms with E-state index < -0.39 is 0 Å². The molecule has 0 spiro atoms. The molecular weight excluding hydrogens is 464 g/mol. The molecule has 1 heterocycles. The number of thioether (sulfide) groups is 1. The molecule has 0 fully saturated rings. The second-order valence-electron chi connectivity index (χ2n) is 7.59. The molecule has 186 valence electrons. The van der Waals surface area contributed by atoms with Crippen molar-refractivity contribution in [2.75, 3.05) is 46.4 Å². The van der Waals surface area contributed by atoms with Crippen LogP contribution in [0.2, 0.25) is 0 Å². The highest BCUT2D eigenvalue weighted by Gasteiger charge is 2.13. The Hall–Kier alpha value is -3.14. The van der Waals surface area contributed by atoms with Gasteiger partial charge in [0.1, 0.15) is 13.2 Å². The number of hydrogen-bond donors (Lipinski definition) is 2. The third kappa shape index (κ3) is 7.42. The van der Waals surface area contributed by atoms with Crippen LogP contribution in [0.5, 0.6) is 0 Å². The molecule has 0 aliphatic carbocycles. The zero-order valence-electron chi connectivity index (χ0n) is 20.4. The van der Waals surface area contributed by atoms with E-state index in [9.17, 15) is 0 Å². The maximum atomic E-state index is 8.10. The Morgan fingerprint density at radius 2 is 1.37 bits per heavy atom. The summed E-state index contributed by atoms with van der Waals surface area (Å²) in [5.74, 6) is 1.20. The van der Waals surface area contributed by atoms with Gasteiger partial charge in [0.05, 0.1) is 18.9 Å². The lowest BCUT2D eigenvalue weighted by Crippen LogP contribution is -2.10. The van der Waals surface area contributed by atoms with Crippen LogP contribution in [0.4, 0.5) is 0 Å². The number of hydrogen-bond acceptors (Lipinski definition) is 8. The lowest BCUT2D eigenvalue weighted by molar-refractivity contribution is 0.141. The van der Waals surface area contributed by atoms with Gasteiger partial charge in [0.25, 0.3) is 0 Å². The molecule has 0 aliphatic heterocycles. The smallest absolute Gasteiger partial charge is 0.213 e. The Morgan fingerprint density at radius 3 is 1.89 bits per heavy atom. The predicted octanol–water partition coefficient (Wildman–Crippen LogP) is 5.02. The summed E-state index contributed by atoms with van der Waals surface area (Å²) < 4.78 is 22.8. The molecule has 8 nitrogen and oxygen atoms in total. The van der Waals surface area contributed by atoms with Crippen molar-refractivity contribution in [3.05, 3.63) is 65.9 Å². The average Bonchev–Trinajstić information content (AvgIpc) is 3.32. The Balaban J connectivity index is 1.80. The summed E-state index contributed by atoms with van der Waals surface area (Å²) in [7, 11) is 3.21. The normalized spacial score (nSPS) is 10.8. The van der Waals surface area contributed by atoms with E-state index >= 15 is 0 Å². The third-order valence-electron chi connectivity index (χ3n) is 5.03. The van der Waals surface area contributed by atoms with E-state index in [0.717, 1.165) is 34.3 Å². The molecule has 35 heavy (non-hydrogen) atoms. The van der Waals surface area contributed by atoms with Gasteiger partial charge in [0.15, 0.2) is 5.16 Å². The zero-order chi connectivity index (χ0) is 25.0. The second-order valence-corrected chi connectivity index (χ2v) is 8.65. The molecule has 0 unspecified atom stereocenters. The van der Waals surface area contributed by atoms with E-state index in [4.69, 9.17) is 34.7 Å². The Bertz CT molecular complexity index is 1100. The number of benzene rings is 2. The van der Waals surface area contributed by atoms with Crippen LogP contribution in [0.3, 0.4) is 0 Å². The van der Waals surface area contributed by atoms with Crippen molar-refractivity contribution in [3.8, 4) is 16.9 Å². The largest absolute Gasteiger partial charge is 0.475 e. The minimum absolute atomic E-state index is 0.121. The summed E-state index contributed by atoms with van der Waals surface area (Å²) in [6.07, 6.45) is 3.06. The van der Waals surface area contributed by atoms with Crippen molar-refractivity contribution < 1.29 is 18.9 Å². The lowest BCUT2D eigenvalue weighted by atomic mass is 10.1. The molecule has 2 aromatic carbocycles. The molecule has 3 rings (SSSR count). The first-order valence-corrected chi connectivity index (χ1v) is 12.4. The van der Waals surface area contributed by atoms with Gasteiger partial charge in [-0.15, -0.1) is 0 Å². The first-order chi connectivity index (χ1) is 17.1. The molecule has 0 aliphatic rings. The van der Waals surface area contributed by atoms with Crippen molar-refractivity contribution in [3.63, 3.8) is 0 Å². The van der Waals surface area contributed by atoms with Crippen molar-refractivity contribution in [2.45, 2.75) is 18.5 Å². The van der Waals surface area contributed by atoms with Gasteiger partial charge < -0.3 is 18.9 Å². The molecule has 9 heteroatoms. The van der Waals surface area contributed by atoms with Crippen molar-refractivity contribution in [1.82, 2.24) is 9.55 Å². The summed E-state index contributed by atoms with van der Waals surface area (Å²) in [5, 5.41) is 17.1. The number of imidazole rings is 1. The van der Waals surface area contributed by atoms with Gasteiger partial charge in [-0.3, -0.25) is 15.4 Å². The Kier molecular flexibility index (Phi) is 10.3. The van der Waals surface area contributed by atoms with Crippen LogP contribution >= 0.6 is 11.8 Å². The number of ether oxygens (including phenoxy) is 4. The highest BCUT2D eigenvalue weighted by molar-refractivity contribution is 7.99. The van der Waals surface area contributed by atoms with E-state index in [1.54, 1.807) is 26.0 Å². The van der Waals surface area contributed by atoms with E-state index in [1.165, 1.54) is 0 Å². The standard InChI is InChI=1S/C26H32N4O4S/c1-4-17-35-26-29-23(19-5-7-20(8-6-19)24(27)33-15-13-31-2)18-30(26)22-11-9-21(10-12-22)25(28)34-16-14-32-3/h5-12,18,27-28H,4,13-17H2,1-3H3. The van der Waals surface area contributed by atoms with E-state index in [2.05, 4.69) is 11.5 Å². The number of aromatic nitrogens is 2. The zero-order valence-corrected chi connectivity index (χ0v) is 21.2. The van der Waals surface area contributed by atoms with E-state index in [-0.39, 0.29) is 11.8 Å². The minimum Gasteiger partial charge on any atom is -0.475 e. The van der Waals surface area contributed by atoms with Gasteiger partial charge >= 0.3 is 0 Å². The summed E-state index contributed by atoms with van der Waals surface area (Å²) in [6, 6.07) is 15.3. The van der Waals surface area contributed by atoms with Gasteiger partial charge in [-0.1, -0.05) is 30.8 Å².